The van der Waals surface area contributed by atoms with Crippen LogP contribution in [-0.4, -0.2) is 11.0 Å². The topological polar surface area (TPSA) is 65.2 Å². The van der Waals surface area contributed by atoms with Crippen molar-refractivity contribution < 1.29 is 9.53 Å². The van der Waals surface area contributed by atoms with Crippen molar-refractivity contribution in [3.8, 4) is 5.75 Å². The summed E-state index contributed by atoms with van der Waals surface area (Å²) in [5, 5.41) is 0.840. The van der Waals surface area contributed by atoms with Crippen LogP contribution in [0.4, 0.5) is 5.82 Å². The number of hydrogen-bond acceptors (Lipinski definition) is 4. The number of anilines is 1. The van der Waals surface area contributed by atoms with Gasteiger partial charge in [-0.15, -0.1) is 0 Å². The van der Waals surface area contributed by atoms with Crippen LogP contribution in [0.2, 0.25) is 0 Å². The smallest absolute Gasteiger partial charge is 0.315 e. The molecule has 1 aromatic heterocycles. The van der Waals surface area contributed by atoms with Gasteiger partial charge in [-0.25, -0.2) is 4.98 Å². The van der Waals surface area contributed by atoms with E-state index in [1.807, 2.05) is 24.3 Å². The van der Waals surface area contributed by atoms with E-state index in [-0.39, 0.29) is 12.4 Å². The van der Waals surface area contributed by atoms with Gasteiger partial charge in [0.15, 0.2) is 0 Å². The fraction of sp³-hybridized carbons (Fsp3) is 0.0909. The second-order valence-electron chi connectivity index (χ2n) is 3.47. The lowest BCUT2D eigenvalue weighted by Gasteiger charge is -2.04. The summed E-state index contributed by atoms with van der Waals surface area (Å²) >= 11 is 0. The Hall–Kier alpha value is -2.10. The van der Waals surface area contributed by atoms with Crippen molar-refractivity contribution in [2.75, 3.05) is 5.73 Å². The zero-order chi connectivity index (χ0) is 10.4. The minimum Gasteiger partial charge on any atom is -0.425 e. The Labute approximate surface area is 85.7 Å². The summed E-state index contributed by atoms with van der Waals surface area (Å²) < 4.78 is 5.14. The average molecular weight is 200 g/mol. The van der Waals surface area contributed by atoms with E-state index in [4.69, 9.17) is 10.5 Å². The number of ether oxygens (including phenoxy) is 1. The number of fused-ring (bicyclic) bond motifs is 3. The zero-order valence-corrected chi connectivity index (χ0v) is 7.86. The molecule has 0 atom stereocenters. The lowest BCUT2D eigenvalue weighted by molar-refractivity contribution is -0.131. The van der Waals surface area contributed by atoms with E-state index >= 15 is 0 Å². The maximum Gasteiger partial charge on any atom is 0.315 e. The van der Waals surface area contributed by atoms with Crippen LogP contribution >= 0.6 is 0 Å². The lowest BCUT2D eigenvalue weighted by Crippen LogP contribution is -2.00. The van der Waals surface area contributed by atoms with Gasteiger partial charge in [0.2, 0.25) is 0 Å². The predicted molar refractivity (Wildman–Crippen MR) is 55.5 cm³/mol. The van der Waals surface area contributed by atoms with Crippen LogP contribution < -0.4 is 10.5 Å². The number of nitrogen functional groups attached to an aromatic ring is 1. The highest BCUT2D eigenvalue weighted by Crippen LogP contribution is 2.36. The van der Waals surface area contributed by atoms with Gasteiger partial charge in [-0.05, 0) is 12.1 Å². The van der Waals surface area contributed by atoms with E-state index in [0.29, 0.717) is 17.1 Å². The highest BCUT2D eigenvalue weighted by molar-refractivity contribution is 5.96. The van der Waals surface area contributed by atoms with Gasteiger partial charge in [-0.2, -0.15) is 0 Å². The molecular weight excluding hydrogens is 192 g/mol. The van der Waals surface area contributed by atoms with Gasteiger partial charge in [0.25, 0.3) is 0 Å². The quantitative estimate of drug-likeness (QED) is 0.650. The van der Waals surface area contributed by atoms with Crippen LogP contribution in [0, 0.1) is 0 Å². The molecule has 0 radical (unpaired) electrons. The van der Waals surface area contributed by atoms with Gasteiger partial charge >= 0.3 is 5.97 Å². The number of aromatic nitrogens is 1. The monoisotopic (exact) mass is 200 g/mol. The number of hydrogen-bond donors (Lipinski definition) is 1. The molecule has 1 aliphatic heterocycles. The first-order valence-electron chi connectivity index (χ1n) is 4.63. The summed E-state index contributed by atoms with van der Waals surface area (Å²) in [7, 11) is 0. The van der Waals surface area contributed by atoms with Crippen molar-refractivity contribution in [2.45, 2.75) is 6.42 Å². The molecule has 0 aliphatic carbocycles. The Bertz CT molecular complexity index is 578. The Morgan fingerprint density at radius 2 is 2.13 bits per heavy atom. The predicted octanol–water partition coefficient (Wildman–Crippen LogP) is 1.28. The van der Waals surface area contributed by atoms with Gasteiger partial charge in [-0.3, -0.25) is 4.79 Å². The van der Waals surface area contributed by atoms with Crippen molar-refractivity contribution >= 4 is 22.7 Å². The van der Waals surface area contributed by atoms with Gasteiger partial charge in [0.1, 0.15) is 11.6 Å². The van der Waals surface area contributed by atoms with Gasteiger partial charge in [0.05, 0.1) is 11.9 Å². The molecule has 1 aromatic carbocycles. The summed E-state index contributed by atoms with van der Waals surface area (Å²) in [6.45, 7) is 0. The largest absolute Gasteiger partial charge is 0.425 e. The Morgan fingerprint density at radius 1 is 1.33 bits per heavy atom. The average Bonchev–Trinajstić information content (AvgIpc) is 2.61. The molecule has 0 saturated carbocycles. The molecule has 0 bridgehead atoms. The number of nitrogens with zero attached hydrogens (tertiary/aromatic N) is 1. The number of rotatable bonds is 0. The molecule has 2 N–H and O–H groups in total. The number of esters is 1. The van der Waals surface area contributed by atoms with E-state index in [1.165, 1.54) is 0 Å². The minimum absolute atomic E-state index is 0.221. The molecule has 0 spiro atoms. The van der Waals surface area contributed by atoms with Crippen molar-refractivity contribution in [3.63, 3.8) is 0 Å². The van der Waals surface area contributed by atoms with E-state index in [1.54, 1.807) is 0 Å². The van der Waals surface area contributed by atoms with Gasteiger partial charge in [-0.1, -0.05) is 12.1 Å². The summed E-state index contributed by atoms with van der Waals surface area (Å²) in [5.41, 5.74) is 7.22. The molecular formula is C11H8N2O2. The first kappa shape index (κ1) is 8.23. The Kier molecular flexibility index (Phi) is 1.48. The van der Waals surface area contributed by atoms with Crippen molar-refractivity contribution in [1.82, 2.24) is 4.98 Å². The molecule has 2 heterocycles. The summed E-state index contributed by atoms with van der Waals surface area (Å²) in [5.74, 6) is 0.688. The number of pyridine rings is 1. The Morgan fingerprint density at radius 3 is 3.00 bits per heavy atom. The van der Waals surface area contributed by atoms with Gasteiger partial charge < -0.3 is 10.5 Å². The molecule has 0 fully saturated rings. The Balaban J connectivity index is 2.43. The van der Waals surface area contributed by atoms with E-state index < -0.39 is 0 Å². The van der Waals surface area contributed by atoms with Crippen molar-refractivity contribution in [3.05, 3.63) is 29.8 Å². The van der Waals surface area contributed by atoms with Crippen LogP contribution in [0.5, 0.6) is 5.75 Å². The normalized spacial score (nSPS) is 14.0. The first-order valence-corrected chi connectivity index (χ1v) is 4.63. The van der Waals surface area contributed by atoms with E-state index in [2.05, 4.69) is 4.98 Å². The zero-order valence-electron chi connectivity index (χ0n) is 7.86. The van der Waals surface area contributed by atoms with Gasteiger partial charge in [0, 0.05) is 10.9 Å². The third-order valence-electron chi connectivity index (χ3n) is 2.51. The maximum absolute atomic E-state index is 11.2. The van der Waals surface area contributed by atoms with Crippen LogP contribution in [0.15, 0.2) is 24.3 Å². The minimum atomic E-state index is -0.269. The highest BCUT2D eigenvalue weighted by atomic mass is 16.5. The van der Waals surface area contributed by atoms with Crippen LogP contribution in [0.25, 0.3) is 10.9 Å². The number of benzene rings is 1. The number of carbonyl (C=O) groups excluding carboxylic acids is 1. The summed E-state index contributed by atoms with van der Waals surface area (Å²) in [4.78, 5) is 15.4. The fourth-order valence-electron chi connectivity index (χ4n) is 1.82. The van der Waals surface area contributed by atoms with E-state index in [0.717, 1.165) is 10.9 Å². The van der Waals surface area contributed by atoms with Crippen molar-refractivity contribution in [2.24, 2.45) is 0 Å². The molecule has 3 rings (SSSR count). The lowest BCUT2D eigenvalue weighted by atomic mass is 10.1. The second kappa shape index (κ2) is 2.70. The molecule has 4 nitrogen and oxygen atoms in total. The molecule has 74 valence electrons. The third-order valence-corrected chi connectivity index (χ3v) is 2.51. The van der Waals surface area contributed by atoms with Crippen LogP contribution in [0.1, 0.15) is 5.56 Å². The third kappa shape index (κ3) is 1.08. The fourth-order valence-corrected chi connectivity index (χ4v) is 1.82. The molecule has 15 heavy (non-hydrogen) atoms. The highest BCUT2D eigenvalue weighted by Gasteiger charge is 2.25. The first-order chi connectivity index (χ1) is 7.25. The summed E-state index contributed by atoms with van der Waals surface area (Å²) in [6, 6.07) is 7.47. The van der Waals surface area contributed by atoms with Crippen molar-refractivity contribution in [1.29, 1.82) is 0 Å². The maximum atomic E-state index is 11.2. The molecule has 0 unspecified atom stereocenters. The number of nitrogens with two attached hydrogens (primary N) is 1. The molecule has 4 heteroatoms. The van der Waals surface area contributed by atoms with Crippen LogP contribution in [0.3, 0.4) is 0 Å². The number of carbonyl (C=O) groups is 1. The van der Waals surface area contributed by atoms with E-state index in [9.17, 15) is 4.79 Å². The van der Waals surface area contributed by atoms with Crippen LogP contribution in [-0.2, 0) is 11.2 Å². The molecule has 0 saturated heterocycles. The SMILES string of the molecule is Nc1nc2ccccc2c2c1CC(=O)O2. The molecule has 0 amide bonds. The summed E-state index contributed by atoms with van der Waals surface area (Å²) in [6.07, 6.45) is 0.221. The number of para-hydroxylation sites is 1. The molecule has 1 aliphatic rings. The standard InChI is InChI=1S/C11H8N2O2/c12-11-7-5-9(14)15-10(7)6-3-1-2-4-8(6)13-11/h1-4H,5H2,(H2,12,13). The second-order valence-corrected chi connectivity index (χ2v) is 3.47. The molecule has 2 aromatic rings.